The van der Waals surface area contributed by atoms with Gasteiger partial charge < -0.3 is 14.2 Å². The molecule has 6 heteroatoms. The van der Waals surface area contributed by atoms with Crippen LogP contribution in [0.2, 0.25) is 0 Å². The van der Waals surface area contributed by atoms with Crippen LogP contribution in [-0.2, 0) is 28.6 Å². The molecule has 0 aliphatic carbocycles. The smallest absolute Gasteiger partial charge is 0.306 e. The first-order chi connectivity index (χ1) is 30.0. The van der Waals surface area contributed by atoms with Crippen LogP contribution in [-0.4, -0.2) is 37.2 Å². The Morgan fingerprint density at radius 1 is 0.311 bits per heavy atom. The lowest BCUT2D eigenvalue weighted by atomic mass is 10.1. The molecule has 0 aliphatic heterocycles. The topological polar surface area (TPSA) is 78.9 Å². The number of allylic oxidation sites excluding steroid dienone is 6. The highest BCUT2D eigenvalue weighted by Crippen LogP contribution is 2.15. The van der Waals surface area contributed by atoms with Crippen molar-refractivity contribution in [2.24, 2.45) is 0 Å². The monoisotopic (exact) mass is 857 g/mol. The zero-order valence-electron chi connectivity index (χ0n) is 40.7. The molecule has 0 saturated heterocycles. The van der Waals surface area contributed by atoms with E-state index in [1.165, 1.54) is 161 Å². The Labute approximate surface area is 378 Å². The van der Waals surface area contributed by atoms with Crippen molar-refractivity contribution in [3.63, 3.8) is 0 Å². The van der Waals surface area contributed by atoms with Crippen molar-refractivity contribution < 1.29 is 28.6 Å². The van der Waals surface area contributed by atoms with Gasteiger partial charge in [-0.25, -0.2) is 0 Å². The second kappa shape index (κ2) is 50.3. The Hall–Kier alpha value is -2.37. The molecule has 61 heavy (non-hydrogen) atoms. The van der Waals surface area contributed by atoms with Gasteiger partial charge in [-0.15, -0.1) is 0 Å². The van der Waals surface area contributed by atoms with Gasteiger partial charge in [-0.05, 0) is 89.9 Å². The lowest BCUT2D eigenvalue weighted by Gasteiger charge is -2.18. The number of rotatable bonds is 48. The molecule has 0 N–H and O–H groups in total. The Morgan fingerprint density at radius 2 is 0.557 bits per heavy atom. The molecule has 0 bridgehead atoms. The minimum atomic E-state index is -0.777. The zero-order valence-corrected chi connectivity index (χ0v) is 40.7. The van der Waals surface area contributed by atoms with E-state index in [1.807, 2.05) is 0 Å². The van der Waals surface area contributed by atoms with Gasteiger partial charge in [0.1, 0.15) is 13.2 Å². The maximum atomic E-state index is 12.8. The standard InChI is InChI=1S/C55H100O6/c1-4-7-10-13-16-19-22-24-25-26-27-28-29-31-33-36-39-42-45-48-54(57)60-51-52(50-59-53(56)47-44-41-38-35-32-21-18-15-12-9-6-3)61-55(58)49-46-43-40-37-34-30-23-20-17-14-11-8-5-2/h15,18,20,23-25,52H,4-14,16-17,19,21-22,26-51H2,1-3H3/b18-15-,23-20-,25-24-/t52-/m0/s1. The van der Waals surface area contributed by atoms with Crippen molar-refractivity contribution in [2.45, 2.75) is 284 Å². The summed E-state index contributed by atoms with van der Waals surface area (Å²) >= 11 is 0. The van der Waals surface area contributed by atoms with E-state index in [2.05, 4.69) is 57.2 Å². The second-order valence-electron chi connectivity index (χ2n) is 17.8. The Balaban J connectivity index is 4.31. The number of hydrogen-bond donors (Lipinski definition) is 0. The fourth-order valence-electron chi connectivity index (χ4n) is 7.53. The SMILES string of the molecule is CCCC/C=C\CCCCCCCC(=O)OC[C@@H](COC(=O)CCCCCCCCCCC/C=C\CCCCCCCC)OC(=O)CCCCCCC/C=C\CCCCCC. The quantitative estimate of drug-likeness (QED) is 0.0262. The number of unbranched alkanes of at least 4 members (excludes halogenated alkanes) is 31. The summed E-state index contributed by atoms with van der Waals surface area (Å²) in [6, 6.07) is 0. The number of carbonyl (C=O) groups is 3. The highest BCUT2D eigenvalue weighted by Gasteiger charge is 2.19. The minimum Gasteiger partial charge on any atom is -0.462 e. The molecule has 0 aromatic rings. The summed E-state index contributed by atoms with van der Waals surface area (Å²) in [5, 5.41) is 0. The fraction of sp³-hybridized carbons (Fsp3) is 0.836. The molecular weight excluding hydrogens is 757 g/mol. The largest absolute Gasteiger partial charge is 0.462 e. The molecule has 0 amide bonds. The Kier molecular flexibility index (Phi) is 48.3. The van der Waals surface area contributed by atoms with Gasteiger partial charge in [0.05, 0.1) is 0 Å². The third-order valence-corrected chi connectivity index (χ3v) is 11.6. The van der Waals surface area contributed by atoms with E-state index in [1.54, 1.807) is 0 Å². The number of carbonyl (C=O) groups excluding carboxylic acids is 3. The van der Waals surface area contributed by atoms with Crippen LogP contribution in [0.4, 0.5) is 0 Å². The second-order valence-corrected chi connectivity index (χ2v) is 17.8. The van der Waals surface area contributed by atoms with Crippen molar-refractivity contribution in [3.05, 3.63) is 36.5 Å². The third kappa shape index (κ3) is 48.5. The van der Waals surface area contributed by atoms with Crippen molar-refractivity contribution in [1.29, 1.82) is 0 Å². The Bertz CT molecular complexity index is 1030. The molecule has 0 rings (SSSR count). The van der Waals surface area contributed by atoms with Gasteiger partial charge in [0, 0.05) is 19.3 Å². The van der Waals surface area contributed by atoms with Crippen LogP contribution < -0.4 is 0 Å². The van der Waals surface area contributed by atoms with Crippen molar-refractivity contribution in [3.8, 4) is 0 Å². The molecule has 0 fully saturated rings. The zero-order chi connectivity index (χ0) is 44.4. The van der Waals surface area contributed by atoms with Crippen molar-refractivity contribution in [1.82, 2.24) is 0 Å². The van der Waals surface area contributed by atoms with Gasteiger partial charge >= 0.3 is 17.9 Å². The average molecular weight is 857 g/mol. The summed E-state index contributed by atoms with van der Waals surface area (Å²) in [5.41, 5.74) is 0. The highest BCUT2D eigenvalue weighted by molar-refractivity contribution is 5.71. The van der Waals surface area contributed by atoms with Crippen LogP contribution in [0.5, 0.6) is 0 Å². The molecule has 6 nitrogen and oxygen atoms in total. The normalized spacial score (nSPS) is 12.2. The van der Waals surface area contributed by atoms with Gasteiger partial charge in [-0.3, -0.25) is 14.4 Å². The maximum Gasteiger partial charge on any atom is 0.306 e. The first-order valence-corrected chi connectivity index (χ1v) is 26.5. The Morgan fingerprint density at radius 3 is 0.885 bits per heavy atom. The van der Waals surface area contributed by atoms with Crippen LogP contribution in [0.15, 0.2) is 36.5 Å². The highest BCUT2D eigenvalue weighted by atomic mass is 16.6. The van der Waals surface area contributed by atoms with E-state index >= 15 is 0 Å². The first kappa shape index (κ1) is 58.6. The minimum absolute atomic E-state index is 0.0776. The number of hydrogen-bond acceptors (Lipinski definition) is 6. The van der Waals surface area contributed by atoms with Crippen LogP contribution in [0.25, 0.3) is 0 Å². The number of ether oxygens (including phenoxy) is 3. The van der Waals surface area contributed by atoms with E-state index < -0.39 is 6.10 Å². The molecule has 0 aromatic carbocycles. The summed E-state index contributed by atoms with van der Waals surface area (Å²) in [4.78, 5) is 37.9. The predicted octanol–water partition coefficient (Wildman–Crippen LogP) is 17.3. The van der Waals surface area contributed by atoms with Crippen LogP contribution in [0.3, 0.4) is 0 Å². The molecule has 0 aliphatic rings. The molecule has 0 saturated carbocycles. The van der Waals surface area contributed by atoms with E-state index in [9.17, 15) is 14.4 Å². The van der Waals surface area contributed by atoms with Gasteiger partial charge in [-0.2, -0.15) is 0 Å². The van der Waals surface area contributed by atoms with E-state index in [0.717, 1.165) is 77.0 Å². The molecule has 0 aromatic heterocycles. The number of esters is 3. The summed E-state index contributed by atoms with van der Waals surface area (Å²) in [7, 11) is 0. The lowest BCUT2D eigenvalue weighted by molar-refractivity contribution is -0.167. The molecule has 0 unspecified atom stereocenters. The first-order valence-electron chi connectivity index (χ1n) is 26.5. The van der Waals surface area contributed by atoms with Gasteiger partial charge in [0.15, 0.2) is 6.10 Å². The molecule has 356 valence electrons. The summed E-state index contributed by atoms with van der Waals surface area (Å²) in [6.07, 6.45) is 58.4. The summed E-state index contributed by atoms with van der Waals surface area (Å²) in [6.45, 7) is 6.58. The lowest BCUT2D eigenvalue weighted by Crippen LogP contribution is -2.30. The van der Waals surface area contributed by atoms with Crippen LogP contribution >= 0.6 is 0 Å². The van der Waals surface area contributed by atoms with Crippen molar-refractivity contribution in [2.75, 3.05) is 13.2 Å². The van der Waals surface area contributed by atoms with Crippen LogP contribution in [0.1, 0.15) is 278 Å². The summed E-state index contributed by atoms with van der Waals surface area (Å²) in [5.74, 6) is -0.890. The fourth-order valence-corrected chi connectivity index (χ4v) is 7.53. The van der Waals surface area contributed by atoms with Crippen LogP contribution in [0, 0.1) is 0 Å². The van der Waals surface area contributed by atoms with Crippen molar-refractivity contribution >= 4 is 17.9 Å². The molecule has 0 radical (unpaired) electrons. The summed E-state index contributed by atoms with van der Waals surface area (Å²) < 4.78 is 16.8. The third-order valence-electron chi connectivity index (χ3n) is 11.6. The molecular formula is C55H100O6. The predicted molar refractivity (Wildman–Crippen MR) is 261 cm³/mol. The average Bonchev–Trinajstić information content (AvgIpc) is 3.26. The molecule has 0 heterocycles. The molecule has 0 spiro atoms. The molecule has 1 atom stereocenters. The van der Waals surface area contributed by atoms with E-state index in [4.69, 9.17) is 14.2 Å². The maximum absolute atomic E-state index is 12.8. The van der Waals surface area contributed by atoms with Gasteiger partial charge in [-0.1, -0.05) is 205 Å². The van der Waals surface area contributed by atoms with Gasteiger partial charge in [0.2, 0.25) is 0 Å². The van der Waals surface area contributed by atoms with E-state index in [-0.39, 0.29) is 31.1 Å². The van der Waals surface area contributed by atoms with E-state index in [0.29, 0.717) is 19.3 Å². The van der Waals surface area contributed by atoms with Gasteiger partial charge in [0.25, 0.3) is 0 Å².